The standard InChI is InChI=1S/C20H12F6N4OS/c21-19(22,23)12-3-1-2-10(17(12)20(24,25)26)6-16(31)28-11-4-5-13-14(7-11)30-18(29-13)15-8-32-9-27-15/h1-5,7-9H,6H2,(H,28,31)(H,29,30)/p+1. The summed E-state index contributed by atoms with van der Waals surface area (Å²) in [6.07, 6.45) is -11.4. The number of thiazole rings is 1. The molecule has 4 rings (SSSR count). The molecule has 0 radical (unpaired) electrons. The smallest absolute Gasteiger partial charge is 0.326 e. The van der Waals surface area contributed by atoms with Crippen LogP contribution in [0.5, 0.6) is 0 Å². The van der Waals surface area contributed by atoms with Gasteiger partial charge in [-0.2, -0.15) is 26.3 Å². The number of benzene rings is 2. The number of imidazole rings is 1. The lowest BCUT2D eigenvalue weighted by atomic mass is 9.97. The molecular weight excluding hydrogens is 458 g/mol. The highest BCUT2D eigenvalue weighted by Gasteiger charge is 2.44. The molecule has 0 saturated heterocycles. The van der Waals surface area contributed by atoms with E-state index in [-0.39, 0.29) is 5.69 Å². The van der Waals surface area contributed by atoms with Crippen molar-refractivity contribution in [3.05, 3.63) is 64.0 Å². The number of aromatic nitrogens is 3. The monoisotopic (exact) mass is 471 g/mol. The third-order valence-corrected chi connectivity index (χ3v) is 5.19. The van der Waals surface area contributed by atoms with E-state index in [4.69, 9.17) is 0 Å². The highest BCUT2D eigenvalue weighted by molar-refractivity contribution is 7.07. The first kappa shape index (κ1) is 21.8. The molecule has 12 heteroatoms. The van der Waals surface area contributed by atoms with Crippen molar-refractivity contribution in [3.63, 3.8) is 0 Å². The largest absolute Gasteiger partial charge is 0.417 e. The Kier molecular flexibility index (Phi) is 5.41. The lowest BCUT2D eigenvalue weighted by molar-refractivity contribution is -0.330. The highest BCUT2D eigenvalue weighted by Crippen LogP contribution is 2.42. The predicted molar refractivity (Wildman–Crippen MR) is 105 cm³/mol. The van der Waals surface area contributed by atoms with Crippen molar-refractivity contribution >= 4 is 34.0 Å². The Morgan fingerprint density at radius 1 is 1.09 bits per heavy atom. The molecule has 2 aromatic heterocycles. The van der Waals surface area contributed by atoms with Crippen molar-refractivity contribution in [1.82, 2.24) is 9.97 Å². The summed E-state index contributed by atoms with van der Waals surface area (Å²) >= 11 is 1.40. The van der Waals surface area contributed by atoms with Crippen molar-refractivity contribution in [3.8, 4) is 11.5 Å². The van der Waals surface area contributed by atoms with Crippen molar-refractivity contribution in [2.24, 2.45) is 0 Å². The van der Waals surface area contributed by atoms with Crippen LogP contribution in [0.2, 0.25) is 0 Å². The molecule has 5 nitrogen and oxygen atoms in total. The van der Waals surface area contributed by atoms with Crippen LogP contribution >= 0.6 is 11.3 Å². The first-order chi connectivity index (χ1) is 15.0. The molecule has 0 unspecified atom stereocenters. The summed E-state index contributed by atoms with van der Waals surface area (Å²) in [5, 5.41) is 4.25. The first-order valence-corrected chi connectivity index (χ1v) is 9.96. The Hall–Kier alpha value is -3.41. The third-order valence-electron chi connectivity index (χ3n) is 4.60. The van der Waals surface area contributed by atoms with E-state index >= 15 is 0 Å². The van der Waals surface area contributed by atoms with E-state index in [0.717, 1.165) is 12.1 Å². The third kappa shape index (κ3) is 4.44. The molecule has 2 heterocycles. The van der Waals surface area contributed by atoms with Crippen LogP contribution in [-0.4, -0.2) is 15.9 Å². The predicted octanol–water partition coefficient (Wildman–Crippen LogP) is 5.32. The Bertz CT molecular complexity index is 1280. The fraction of sp³-hybridized carbons (Fsp3) is 0.150. The van der Waals surface area contributed by atoms with Gasteiger partial charge in [-0.05, 0) is 23.8 Å². The van der Waals surface area contributed by atoms with E-state index in [9.17, 15) is 31.1 Å². The van der Waals surface area contributed by atoms with Gasteiger partial charge in [0.15, 0.2) is 16.7 Å². The molecule has 166 valence electrons. The lowest BCUT2D eigenvalue weighted by Gasteiger charge is -2.19. The average Bonchev–Trinajstić information content (AvgIpc) is 3.35. The number of H-pyrrole nitrogens is 2. The number of anilines is 1. The second-order valence-corrected chi connectivity index (χ2v) is 7.54. The van der Waals surface area contributed by atoms with E-state index in [1.165, 1.54) is 17.4 Å². The number of alkyl halides is 6. The summed E-state index contributed by atoms with van der Waals surface area (Å²) in [6.45, 7) is 0. The van der Waals surface area contributed by atoms with E-state index < -0.39 is 41.4 Å². The quantitative estimate of drug-likeness (QED) is 0.395. The number of fused-ring (bicyclic) bond motifs is 1. The summed E-state index contributed by atoms with van der Waals surface area (Å²) in [7, 11) is 0. The van der Waals surface area contributed by atoms with Crippen molar-refractivity contribution in [2.45, 2.75) is 18.8 Å². The molecule has 0 bridgehead atoms. The fourth-order valence-electron chi connectivity index (χ4n) is 3.30. The zero-order valence-electron chi connectivity index (χ0n) is 15.9. The van der Waals surface area contributed by atoms with Crippen LogP contribution in [0.3, 0.4) is 0 Å². The van der Waals surface area contributed by atoms with Gasteiger partial charge in [0.1, 0.15) is 0 Å². The summed E-state index contributed by atoms with van der Waals surface area (Å²) < 4.78 is 79.4. The number of carbonyl (C=O) groups is 1. The van der Waals surface area contributed by atoms with Gasteiger partial charge in [0.25, 0.3) is 0 Å². The molecule has 2 aromatic carbocycles. The zero-order chi connectivity index (χ0) is 23.1. The van der Waals surface area contributed by atoms with E-state index in [1.807, 2.05) is 5.38 Å². The molecule has 1 amide bonds. The minimum atomic E-state index is -5.27. The number of nitrogens with one attached hydrogen (secondary N) is 3. The Morgan fingerprint density at radius 2 is 1.88 bits per heavy atom. The summed E-state index contributed by atoms with van der Waals surface area (Å²) in [5.41, 5.74) is -0.542. The molecular formula is C20H13F6N4OS+. The molecule has 0 aliphatic heterocycles. The summed E-state index contributed by atoms with van der Waals surface area (Å²) in [4.78, 5) is 22.7. The van der Waals surface area contributed by atoms with Gasteiger partial charge in [-0.1, -0.05) is 12.1 Å². The van der Waals surface area contributed by atoms with Crippen LogP contribution in [0.15, 0.2) is 47.3 Å². The molecule has 0 spiro atoms. The van der Waals surface area contributed by atoms with Gasteiger partial charge in [-0.25, -0.2) is 15.0 Å². The maximum atomic E-state index is 13.4. The zero-order valence-corrected chi connectivity index (χ0v) is 16.7. The topological polar surface area (TPSA) is 71.9 Å². The van der Waals surface area contributed by atoms with Gasteiger partial charge in [0, 0.05) is 17.1 Å². The normalized spacial score (nSPS) is 12.3. The van der Waals surface area contributed by atoms with Gasteiger partial charge >= 0.3 is 18.2 Å². The number of nitrogens with zero attached hydrogens (tertiary/aromatic N) is 1. The Labute approximate surface area is 180 Å². The Morgan fingerprint density at radius 3 is 2.53 bits per heavy atom. The van der Waals surface area contributed by atoms with Crippen molar-refractivity contribution in [1.29, 1.82) is 0 Å². The number of rotatable bonds is 4. The maximum absolute atomic E-state index is 13.4. The number of hydrogen-bond acceptors (Lipinski definition) is 3. The number of aromatic amines is 2. The van der Waals surface area contributed by atoms with Gasteiger partial charge < -0.3 is 5.32 Å². The molecule has 0 aliphatic carbocycles. The summed E-state index contributed by atoms with van der Waals surface area (Å²) in [6, 6.07) is 6.77. The van der Waals surface area contributed by atoms with E-state index in [2.05, 4.69) is 20.3 Å². The number of hydrogen-bond donors (Lipinski definition) is 2. The molecule has 0 atom stereocenters. The molecule has 0 fully saturated rings. The second-order valence-electron chi connectivity index (χ2n) is 6.82. The number of halogens is 6. The van der Waals surface area contributed by atoms with Crippen molar-refractivity contribution < 1.29 is 36.1 Å². The van der Waals surface area contributed by atoms with Gasteiger partial charge in [-0.15, -0.1) is 11.3 Å². The Balaban J connectivity index is 1.58. The highest BCUT2D eigenvalue weighted by atomic mass is 32.1. The minimum absolute atomic E-state index is 0.267. The number of carbonyl (C=O) groups excluding carboxylic acids is 1. The van der Waals surface area contributed by atoms with Crippen LogP contribution in [-0.2, 0) is 23.6 Å². The maximum Gasteiger partial charge on any atom is 0.417 e. The molecule has 3 N–H and O–H groups in total. The molecule has 32 heavy (non-hydrogen) atoms. The van der Waals surface area contributed by atoms with Crippen LogP contribution in [0.25, 0.3) is 22.6 Å². The van der Waals surface area contributed by atoms with Crippen LogP contribution in [0, 0.1) is 0 Å². The van der Waals surface area contributed by atoms with Crippen LogP contribution in [0.4, 0.5) is 32.0 Å². The van der Waals surface area contributed by atoms with E-state index in [1.54, 1.807) is 17.6 Å². The van der Waals surface area contributed by atoms with Gasteiger partial charge in [0.2, 0.25) is 5.91 Å². The number of amides is 1. The van der Waals surface area contributed by atoms with Gasteiger partial charge in [-0.3, -0.25) is 4.79 Å². The van der Waals surface area contributed by atoms with Crippen LogP contribution in [0.1, 0.15) is 16.7 Å². The van der Waals surface area contributed by atoms with Gasteiger partial charge in [0.05, 0.1) is 23.1 Å². The SMILES string of the molecule is O=C(Cc1cccc(C(F)(F)F)c1C(F)(F)F)Nc1ccc2[nH+]c(-c3cscn3)[nH]c2c1. The van der Waals surface area contributed by atoms with Crippen molar-refractivity contribution in [2.75, 3.05) is 5.32 Å². The molecule has 0 aliphatic rings. The van der Waals surface area contributed by atoms with E-state index in [0.29, 0.717) is 28.6 Å². The average molecular weight is 471 g/mol. The molecule has 0 saturated carbocycles. The summed E-state index contributed by atoms with van der Waals surface area (Å²) in [5.74, 6) is -0.257. The minimum Gasteiger partial charge on any atom is -0.326 e. The first-order valence-electron chi connectivity index (χ1n) is 9.02. The fourth-order valence-corrected chi connectivity index (χ4v) is 3.84. The lowest BCUT2D eigenvalue weighted by Crippen LogP contribution is -2.22. The van der Waals surface area contributed by atoms with Crippen LogP contribution < -0.4 is 10.3 Å². The molecule has 4 aromatic rings. The second kappa shape index (κ2) is 7.93.